The summed E-state index contributed by atoms with van der Waals surface area (Å²) in [7, 11) is 0. The Kier molecular flexibility index (Phi) is 8.84. The number of nitrogens with zero attached hydrogens (tertiary/aromatic N) is 2. The van der Waals surface area contributed by atoms with E-state index in [1.54, 1.807) is 23.1 Å². The first-order valence-electron chi connectivity index (χ1n) is 13.0. The minimum atomic E-state index is -0.735. The molecule has 37 heavy (non-hydrogen) atoms. The van der Waals surface area contributed by atoms with Crippen LogP contribution in [0.5, 0.6) is 11.5 Å². The standard InChI is InChI=1S/C29H36N2O6/c1-4-36-23-12-11-22(19-24(23)37-5-2)26-25(27(32)21-9-7-20(3)8-10-21)28(33)29(34)31(26)14-6-13-30-15-17-35-18-16-30/h7-12,19,26,32H,4-6,13-18H2,1-3H3. The smallest absolute Gasteiger partial charge is 0.295 e. The number of morpholine rings is 1. The highest BCUT2D eigenvalue weighted by atomic mass is 16.5. The molecule has 0 spiro atoms. The zero-order valence-corrected chi connectivity index (χ0v) is 21.9. The molecule has 4 rings (SSSR count). The number of benzene rings is 2. The van der Waals surface area contributed by atoms with Gasteiger partial charge in [-0.1, -0.05) is 35.9 Å². The maximum atomic E-state index is 13.3. The topological polar surface area (TPSA) is 88.5 Å². The third-order valence-electron chi connectivity index (χ3n) is 6.73. The first-order valence-corrected chi connectivity index (χ1v) is 13.0. The molecule has 2 aliphatic heterocycles. The molecule has 1 N–H and O–H groups in total. The van der Waals surface area contributed by atoms with Crippen LogP contribution in [0.2, 0.25) is 0 Å². The number of rotatable bonds is 10. The van der Waals surface area contributed by atoms with Crippen LogP contribution in [-0.2, 0) is 14.3 Å². The molecule has 2 aromatic carbocycles. The molecule has 8 nitrogen and oxygen atoms in total. The quantitative estimate of drug-likeness (QED) is 0.295. The molecule has 0 radical (unpaired) electrons. The third-order valence-corrected chi connectivity index (χ3v) is 6.73. The Balaban J connectivity index is 1.72. The van der Waals surface area contributed by atoms with Gasteiger partial charge < -0.3 is 24.2 Å². The van der Waals surface area contributed by atoms with Crippen LogP contribution < -0.4 is 9.47 Å². The first kappa shape index (κ1) is 26.7. The molecule has 0 aliphatic carbocycles. The number of likely N-dealkylation sites (tertiary alicyclic amines) is 1. The second kappa shape index (κ2) is 12.3. The van der Waals surface area contributed by atoms with Crippen molar-refractivity contribution in [2.24, 2.45) is 0 Å². The van der Waals surface area contributed by atoms with Crippen LogP contribution in [0.25, 0.3) is 5.76 Å². The van der Waals surface area contributed by atoms with Gasteiger partial charge in [-0.2, -0.15) is 0 Å². The van der Waals surface area contributed by atoms with Crippen molar-refractivity contribution >= 4 is 17.4 Å². The van der Waals surface area contributed by atoms with E-state index in [9.17, 15) is 14.7 Å². The number of Topliss-reactive ketones (excluding diaryl/α,β-unsaturated/α-hetero) is 1. The third kappa shape index (κ3) is 5.97. The fraction of sp³-hybridized carbons (Fsp3) is 0.448. The highest BCUT2D eigenvalue weighted by Crippen LogP contribution is 2.42. The van der Waals surface area contributed by atoms with Gasteiger partial charge in [-0.3, -0.25) is 14.5 Å². The molecule has 8 heteroatoms. The van der Waals surface area contributed by atoms with E-state index in [2.05, 4.69) is 4.90 Å². The lowest BCUT2D eigenvalue weighted by Gasteiger charge is -2.29. The molecule has 1 amide bonds. The van der Waals surface area contributed by atoms with Crippen molar-refractivity contribution in [2.75, 3.05) is 52.6 Å². The highest BCUT2D eigenvalue weighted by molar-refractivity contribution is 6.46. The molecule has 2 heterocycles. The average molecular weight is 509 g/mol. The Hall–Kier alpha value is -3.36. The molecule has 1 atom stereocenters. The van der Waals surface area contributed by atoms with Crippen molar-refractivity contribution in [2.45, 2.75) is 33.2 Å². The fourth-order valence-corrected chi connectivity index (χ4v) is 4.85. The molecule has 1 unspecified atom stereocenters. The summed E-state index contributed by atoms with van der Waals surface area (Å²) in [4.78, 5) is 30.5. The van der Waals surface area contributed by atoms with Gasteiger partial charge >= 0.3 is 0 Å². The summed E-state index contributed by atoms with van der Waals surface area (Å²) in [5, 5.41) is 11.3. The molecule has 0 aromatic heterocycles. The number of aryl methyl sites for hydroxylation is 1. The van der Waals surface area contributed by atoms with Crippen molar-refractivity contribution in [3.8, 4) is 11.5 Å². The molecular weight excluding hydrogens is 472 g/mol. The van der Waals surface area contributed by atoms with E-state index in [1.165, 1.54) is 0 Å². The van der Waals surface area contributed by atoms with E-state index in [0.717, 1.165) is 25.2 Å². The molecule has 2 aliphatic rings. The van der Waals surface area contributed by atoms with Gasteiger partial charge in [0.25, 0.3) is 11.7 Å². The number of carbonyl (C=O) groups is 2. The zero-order valence-electron chi connectivity index (χ0n) is 21.9. The van der Waals surface area contributed by atoms with Gasteiger partial charge in [0.15, 0.2) is 11.5 Å². The van der Waals surface area contributed by atoms with Crippen molar-refractivity contribution in [1.29, 1.82) is 0 Å². The van der Waals surface area contributed by atoms with E-state index < -0.39 is 17.7 Å². The Morgan fingerprint density at radius 1 is 0.973 bits per heavy atom. The first-order chi connectivity index (χ1) is 17.9. The number of aliphatic hydroxyl groups excluding tert-OH is 1. The number of ether oxygens (including phenoxy) is 3. The fourth-order valence-electron chi connectivity index (χ4n) is 4.85. The summed E-state index contributed by atoms with van der Waals surface area (Å²) in [5.41, 5.74) is 2.31. The van der Waals surface area contributed by atoms with Gasteiger partial charge in [-0.15, -0.1) is 0 Å². The molecule has 198 valence electrons. The lowest BCUT2D eigenvalue weighted by molar-refractivity contribution is -0.140. The van der Waals surface area contributed by atoms with Gasteiger partial charge in [0.05, 0.1) is 38.0 Å². The number of amides is 1. The number of ketones is 1. The Morgan fingerprint density at radius 3 is 2.32 bits per heavy atom. The second-order valence-electron chi connectivity index (χ2n) is 9.24. The van der Waals surface area contributed by atoms with Crippen molar-refractivity contribution < 1.29 is 28.9 Å². The summed E-state index contributed by atoms with van der Waals surface area (Å²) >= 11 is 0. The minimum absolute atomic E-state index is 0.0897. The summed E-state index contributed by atoms with van der Waals surface area (Å²) in [6.45, 7) is 10.9. The number of hydrogen-bond acceptors (Lipinski definition) is 7. The predicted molar refractivity (Wildman–Crippen MR) is 141 cm³/mol. The van der Waals surface area contributed by atoms with Crippen LogP contribution in [0.1, 0.15) is 43.0 Å². The summed E-state index contributed by atoms with van der Waals surface area (Å²) in [5.74, 6) is -0.327. The number of hydrogen-bond donors (Lipinski definition) is 1. The predicted octanol–water partition coefficient (Wildman–Crippen LogP) is 3.94. The summed E-state index contributed by atoms with van der Waals surface area (Å²) in [6.07, 6.45) is 0.698. The monoisotopic (exact) mass is 508 g/mol. The van der Waals surface area contributed by atoms with E-state index in [-0.39, 0.29) is 11.3 Å². The van der Waals surface area contributed by atoms with Crippen LogP contribution in [0.3, 0.4) is 0 Å². The number of aliphatic hydroxyl groups is 1. The van der Waals surface area contributed by atoms with E-state index in [1.807, 2.05) is 45.0 Å². The lowest BCUT2D eigenvalue weighted by atomic mass is 9.94. The van der Waals surface area contributed by atoms with Crippen LogP contribution >= 0.6 is 0 Å². The van der Waals surface area contributed by atoms with Crippen molar-refractivity contribution in [1.82, 2.24) is 9.80 Å². The van der Waals surface area contributed by atoms with Gasteiger partial charge in [0.2, 0.25) is 0 Å². The van der Waals surface area contributed by atoms with Crippen LogP contribution in [-0.4, -0.2) is 79.2 Å². The molecule has 0 saturated carbocycles. The number of carbonyl (C=O) groups excluding carboxylic acids is 2. The largest absolute Gasteiger partial charge is 0.507 e. The van der Waals surface area contributed by atoms with Gasteiger partial charge in [0, 0.05) is 31.7 Å². The molecule has 2 saturated heterocycles. The van der Waals surface area contributed by atoms with E-state index in [4.69, 9.17) is 14.2 Å². The maximum absolute atomic E-state index is 13.3. The summed E-state index contributed by atoms with van der Waals surface area (Å²) < 4.78 is 17.0. The van der Waals surface area contributed by atoms with Crippen LogP contribution in [0.15, 0.2) is 48.0 Å². The molecular formula is C29H36N2O6. The second-order valence-corrected chi connectivity index (χ2v) is 9.24. The Labute approximate surface area is 218 Å². The maximum Gasteiger partial charge on any atom is 0.295 e. The van der Waals surface area contributed by atoms with Gasteiger partial charge in [0.1, 0.15) is 5.76 Å². The highest BCUT2D eigenvalue weighted by Gasteiger charge is 2.46. The van der Waals surface area contributed by atoms with E-state index in [0.29, 0.717) is 62.0 Å². The zero-order chi connectivity index (χ0) is 26.4. The van der Waals surface area contributed by atoms with Gasteiger partial charge in [-0.25, -0.2) is 0 Å². The lowest BCUT2D eigenvalue weighted by Crippen LogP contribution is -2.39. The Bertz CT molecular complexity index is 1140. The average Bonchev–Trinajstić information content (AvgIpc) is 3.16. The normalized spacial score (nSPS) is 19.9. The molecule has 2 fully saturated rings. The van der Waals surface area contributed by atoms with E-state index >= 15 is 0 Å². The Morgan fingerprint density at radius 2 is 1.65 bits per heavy atom. The van der Waals surface area contributed by atoms with Crippen LogP contribution in [0.4, 0.5) is 0 Å². The SMILES string of the molecule is CCOc1ccc(C2C(=C(O)c3ccc(C)cc3)C(=O)C(=O)N2CCCN2CCOCC2)cc1OCC. The molecule has 2 aromatic rings. The van der Waals surface area contributed by atoms with Crippen LogP contribution in [0, 0.1) is 6.92 Å². The molecule has 0 bridgehead atoms. The summed E-state index contributed by atoms with van der Waals surface area (Å²) in [6, 6.07) is 12.0. The van der Waals surface area contributed by atoms with Crippen molar-refractivity contribution in [3.05, 3.63) is 64.7 Å². The van der Waals surface area contributed by atoms with Gasteiger partial charge in [-0.05, 0) is 44.9 Å². The minimum Gasteiger partial charge on any atom is -0.507 e. The van der Waals surface area contributed by atoms with Crippen molar-refractivity contribution in [3.63, 3.8) is 0 Å².